The van der Waals surface area contributed by atoms with Crippen LogP contribution in [0.25, 0.3) is 0 Å². The van der Waals surface area contributed by atoms with Gasteiger partial charge in [0.25, 0.3) is 0 Å². The van der Waals surface area contributed by atoms with Crippen LogP contribution >= 0.6 is 0 Å². The summed E-state index contributed by atoms with van der Waals surface area (Å²) in [6.45, 7) is 3.02. The van der Waals surface area contributed by atoms with E-state index in [0.717, 1.165) is 18.4 Å². The van der Waals surface area contributed by atoms with E-state index in [4.69, 9.17) is 4.74 Å². The number of hydrogen-bond donors (Lipinski definition) is 2. The largest absolute Gasteiger partial charge is 0.508 e. The molecule has 1 amide bonds. The first-order valence-electron chi connectivity index (χ1n) is 5.91. The summed E-state index contributed by atoms with van der Waals surface area (Å²) in [5, 5.41) is 11.9. The van der Waals surface area contributed by atoms with Gasteiger partial charge >= 0.3 is 6.09 Å². The zero-order valence-corrected chi connectivity index (χ0v) is 10.1. The molecule has 2 N–H and O–H groups in total. The number of ether oxygens (including phenoxy) is 1. The number of amides is 1. The Kier molecular flexibility index (Phi) is 5.93. The molecule has 0 atom stereocenters. The molecule has 1 aromatic rings. The van der Waals surface area contributed by atoms with E-state index in [1.807, 2.05) is 13.0 Å². The Bertz CT molecular complexity index is 352. The van der Waals surface area contributed by atoms with Crippen LogP contribution in [-0.2, 0) is 11.2 Å². The highest BCUT2D eigenvalue weighted by molar-refractivity contribution is 5.67. The lowest BCUT2D eigenvalue weighted by atomic mass is 10.1. The molecule has 0 aliphatic heterocycles. The quantitative estimate of drug-likeness (QED) is 0.747. The first-order valence-corrected chi connectivity index (χ1v) is 5.91. The summed E-state index contributed by atoms with van der Waals surface area (Å²) in [7, 11) is 0. The lowest BCUT2D eigenvalue weighted by molar-refractivity contribution is 0.144. The Morgan fingerprint density at radius 2 is 2.29 bits per heavy atom. The van der Waals surface area contributed by atoms with Gasteiger partial charge in [-0.2, -0.15) is 0 Å². The highest BCUT2D eigenvalue weighted by atomic mass is 16.5. The van der Waals surface area contributed by atoms with Crippen molar-refractivity contribution in [3.05, 3.63) is 29.8 Å². The third-order valence-electron chi connectivity index (χ3n) is 2.32. The summed E-state index contributed by atoms with van der Waals surface area (Å²) in [4.78, 5) is 11.2. The van der Waals surface area contributed by atoms with Gasteiger partial charge in [0.1, 0.15) is 5.75 Å². The average molecular weight is 237 g/mol. The number of phenolic OH excluding ortho intramolecular Hbond substituents is 1. The van der Waals surface area contributed by atoms with E-state index in [-0.39, 0.29) is 11.8 Å². The summed E-state index contributed by atoms with van der Waals surface area (Å²) < 4.78 is 4.94. The van der Waals surface area contributed by atoms with E-state index >= 15 is 0 Å². The van der Waals surface area contributed by atoms with Crippen LogP contribution in [0.4, 0.5) is 4.79 Å². The Morgan fingerprint density at radius 3 is 3.00 bits per heavy atom. The zero-order valence-electron chi connectivity index (χ0n) is 10.1. The van der Waals surface area contributed by atoms with Gasteiger partial charge in [-0.1, -0.05) is 25.5 Å². The third-order valence-corrected chi connectivity index (χ3v) is 2.32. The summed E-state index contributed by atoms with van der Waals surface area (Å²) in [5.41, 5.74) is 0.985. The smallest absolute Gasteiger partial charge is 0.407 e. The molecule has 4 nitrogen and oxygen atoms in total. The summed E-state index contributed by atoms with van der Waals surface area (Å²) in [6, 6.07) is 6.99. The molecule has 0 radical (unpaired) electrons. The predicted molar refractivity (Wildman–Crippen MR) is 66.1 cm³/mol. The zero-order chi connectivity index (χ0) is 12.5. The predicted octanol–water partition coefficient (Wildman–Crippen LogP) is 2.46. The fourth-order valence-electron chi connectivity index (χ4n) is 1.38. The van der Waals surface area contributed by atoms with E-state index in [0.29, 0.717) is 19.6 Å². The van der Waals surface area contributed by atoms with Crippen molar-refractivity contribution in [2.75, 3.05) is 13.2 Å². The van der Waals surface area contributed by atoms with Gasteiger partial charge in [0.15, 0.2) is 0 Å². The van der Waals surface area contributed by atoms with Crippen LogP contribution in [0.3, 0.4) is 0 Å². The maximum absolute atomic E-state index is 11.2. The van der Waals surface area contributed by atoms with Crippen LogP contribution < -0.4 is 5.32 Å². The second kappa shape index (κ2) is 7.54. The number of rotatable bonds is 6. The first-order chi connectivity index (χ1) is 8.22. The standard InChI is InChI=1S/C13H19NO3/c1-2-3-9-17-13(16)14-8-7-11-5-4-6-12(15)10-11/h4-6,10,15H,2-3,7-9H2,1H3,(H,14,16). The normalized spacial score (nSPS) is 9.94. The highest BCUT2D eigenvalue weighted by Crippen LogP contribution is 2.10. The van der Waals surface area contributed by atoms with Crippen molar-refractivity contribution >= 4 is 6.09 Å². The Balaban J connectivity index is 2.17. The minimum absolute atomic E-state index is 0.244. The molecule has 0 unspecified atom stereocenters. The van der Waals surface area contributed by atoms with Crippen LogP contribution in [0.15, 0.2) is 24.3 Å². The van der Waals surface area contributed by atoms with Crippen molar-refractivity contribution in [1.82, 2.24) is 5.32 Å². The fraction of sp³-hybridized carbons (Fsp3) is 0.462. The molecule has 1 aromatic carbocycles. The van der Waals surface area contributed by atoms with Gasteiger partial charge in [0, 0.05) is 6.54 Å². The molecule has 0 spiro atoms. The maximum atomic E-state index is 11.2. The van der Waals surface area contributed by atoms with E-state index in [1.165, 1.54) is 0 Å². The van der Waals surface area contributed by atoms with Crippen LogP contribution in [0.2, 0.25) is 0 Å². The van der Waals surface area contributed by atoms with Crippen molar-refractivity contribution in [2.24, 2.45) is 0 Å². The van der Waals surface area contributed by atoms with Gasteiger partial charge in [-0.05, 0) is 30.5 Å². The molecule has 4 heteroatoms. The molecule has 0 aromatic heterocycles. The van der Waals surface area contributed by atoms with Gasteiger partial charge < -0.3 is 15.2 Å². The Labute approximate surface area is 102 Å². The number of unbranched alkanes of at least 4 members (excludes halogenated alkanes) is 1. The van der Waals surface area contributed by atoms with Crippen molar-refractivity contribution in [3.8, 4) is 5.75 Å². The van der Waals surface area contributed by atoms with E-state index in [1.54, 1.807) is 18.2 Å². The summed E-state index contributed by atoms with van der Waals surface area (Å²) in [5.74, 6) is 0.244. The number of carbonyl (C=O) groups excluding carboxylic acids is 1. The fourth-order valence-corrected chi connectivity index (χ4v) is 1.38. The third kappa shape index (κ3) is 5.80. The number of carbonyl (C=O) groups is 1. The van der Waals surface area contributed by atoms with Crippen LogP contribution in [-0.4, -0.2) is 24.4 Å². The van der Waals surface area contributed by atoms with Gasteiger partial charge in [0.2, 0.25) is 0 Å². The van der Waals surface area contributed by atoms with Crippen molar-refractivity contribution in [2.45, 2.75) is 26.2 Å². The molecule has 1 rings (SSSR count). The molecule has 0 fully saturated rings. The molecule has 17 heavy (non-hydrogen) atoms. The Morgan fingerprint density at radius 1 is 1.47 bits per heavy atom. The monoisotopic (exact) mass is 237 g/mol. The number of phenols is 1. The van der Waals surface area contributed by atoms with Gasteiger partial charge in [-0.3, -0.25) is 0 Å². The second-order valence-corrected chi connectivity index (χ2v) is 3.84. The van der Waals surface area contributed by atoms with Crippen molar-refractivity contribution in [3.63, 3.8) is 0 Å². The van der Waals surface area contributed by atoms with Crippen LogP contribution in [0.1, 0.15) is 25.3 Å². The molecule has 0 bridgehead atoms. The van der Waals surface area contributed by atoms with E-state index in [9.17, 15) is 9.90 Å². The van der Waals surface area contributed by atoms with Gasteiger partial charge in [-0.25, -0.2) is 4.79 Å². The highest BCUT2D eigenvalue weighted by Gasteiger charge is 2.01. The lowest BCUT2D eigenvalue weighted by Crippen LogP contribution is -2.26. The lowest BCUT2D eigenvalue weighted by Gasteiger charge is -2.06. The van der Waals surface area contributed by atoms with Crippen LogP contribution in [0, 0.1) is 0 Å². The summed E-state index contributed by atoms with van der Waals surface area (Å²) in [6.07, 6.45) is 2.20. The van der Waals surface area contributed by atoms with Gasteiger partial charge in [0.05, 0.1) is 6.61 Å². The molecule has 94 valence electrons. The molecule has 0 saturated carbocycles. The Hall–Kier alpha value is -1.71. The maximum Gasteiger partial charge on any atom is 0.407 e. The number of benzene rings is 1. The summed E-state index contributed by atoms with van der Waals surface area (Å²) >= 11 is 0. The molecule has 0 saturated heterocycles. The number of nitrogens with one attached hydrogen (secondary N) is 1. The van der Waals surface area contributed by atoms with Crippen molar-refractivity contribution < 1.29 is 14.6 Å². The van der Waals surface area contributed by atoms with E-state index < -0.39 is 0 Å². The number of aromatic hydroxyl groups is 1. The number of hydrogen-bond acceptors (Lipinski definition) is 3. The molecule has 0 heterocycles. The second-order valence-electron chi connectivity index (χ2n) is 3.84. The van der Waals surface area contributed by atoms with Crippen molar-refractivity contribution in [1.29, 1.82) is 0 Å². The molecular formula is C13H19NO3. The van der Waals surface area contributed by atoms with Gasteiger partial charge in [-0.15, -0.1) is 0 Å². The minimum atomic E-state index is -0.376. The SMILES string of the molecule is CCCCOC(=O)NCCc1cccc(O)c1. The van der Waals surface area contributed by atoms with E-state index in [2.05, 4.69) is 5.32 Å². The topological polar surface area (TPSA) is 58.6 Å². The average Bonchev–Trinajstić information content (AvgIpc) is 2.29. The molecular weight excluding hydrogens is 218 g/mol. The minimum Gasteiger partial charge on any atom is -0.508 e. The molecule has 0 aliphatic rings. The number of alkyl carbamates (subject to hydrolysis) is 1. The first kappa shape index (κ1) is 13.4. The molecule has 0 aliphatic carbocycles. The van der Waals surface area contributed by atoms with Crippen LogP contribution in [0.5, 0.6) is 5.75 Å².